The number of aromatic amines is 1. The van der Waals surface area contributed by atoms with Crippen molar-refractivity contribution in [2.75, 3.05) is 18.0 Å². The topological polar surface area (TPSA) is 90.8 Å². The van der Waals surface area contributed by atoms with E-state index in [2.05, 4.69) is 41.3 Å². The van der Waals surface area contributed by atoms with Crippen molar-refractivity contribution in [2.24, 2.45) is 0 Å². The molecule has 7 nitrogen and oxygen atoms in total. The van der Waals surface area contributed by atoms with E-state index in [1.807, 2.05) is 4.90 Å². The summed E-state index contributed by atoms with van der Waals surface area (Å²) in [5.41, 5.74) is -0.425. The fraction of sp³-hybridized carbons (Fsp3) is 0.400. The molecule has 1 aliphatic rings. The highest BCUT2D eigenvalue weighted by Crippen LogP contribution is 2.31. The Morgan fingerprint density at radius 3 is 2.78 bits per heavy atom. The average molecular weight is 311 g/mol. The van der Waals surface area contributed by atoms with Crippen LogP contribution < -0.4 is 4.90 Å². The molecule has 0 bridgehead atoms. The van der Waals surface area contributed by atoms with Gasteiger partial charge in [-0.2, -0.15) is 15.4 Å². The molecular formula is C10H11BrN6O. The van der Waals surface area contributed by atoms with Crippen LogP contribution in [0.5, 0.6) is 0 Å². The smallest absolute Gasteiger partial charge is 0.225 e. The first-order chi connectivity index (χ1) is 8.67. The van der Waals surface area contributed by atoms with Crippen LogP contribution in [0.25, 0.3) is 0 Å². The number of nitrogens with one attached hydrogen (secondary N) is 1. The number of hydrogen-bond donors (Lipinski definition) is 2. The molecule has 3 heterocycles. The lowest BCUT2D eigenvalue weighted by atomic mass is 10.0. The lowest BCUT2D eigenvalue weighted by Crippen LogP contribution is -2.31. The van der Waals surface area contributed by atoms with Crippen LogP contribution in [-0.4, -0.2) is 43.6 Å². The molecule has 0 aliphatic carbocycles. The van der Waals surface area contributed by atoms with Crippen molar-refractivity contribution < 1.29 is 5.11 Å². The Hall–Kier alpha value is -1.54. The first kappa shape index (κ1) is 11.5. The molecule has 0 amide bonds. The SMILES string of the molecule is OC1(c2cn[nH]n2)CCN(c2ncc(Br)cn2)C1. The number of hydrogen-bond acceptors (Lipinski definition) is 6. The maximum absolute atomic E-state index is 10.5. The van der Waals surface area contributed by atoms with Crippen molar-refractivity contribution in [2.45, 2.75) is 12.0 Å². The van der Waals surface area contributed by atoms with Crippen molar-refractivity contribution in [3.05, 3.63) is 28.8 Å². The van der Waals surface area contributed by atoms with Crippen LogP contribution in [-0.2, 0) is 5.60 Å². The molecule has 8 heteroatoms. The number of β-amino-alcohol motifs (C(OH)–C–C–N with tert-alkyl or cyclic N) is 1. The molecule has 0 spiro atoms. The number of rotatable bonds is 2. The summed E-state index contributed by atoms with van der Waals surface area (Å²) in [5, 5.41) is 20.7. The van der Waals surface area contributed by atoms with Gasteiger partial charge in [0.15, 0.2) is 0 Å². The van der Waals surface area contributed by atoms with Crippen molar-refractivity contribution in [1.29, 1.82) is 0 Å². The minimum absolute atomic E-state index is 0.418. The summed E-state index contributed by atoms with van der Waals surface area (Å²) >= 11 is 3.29. The zero-order chi connectivity index (χ0) is 12.6. The Labute approximate surface area is 111 Å². The highest BCUT2D eigenvalue weighted by molar-refractivity contribution is 9.10. The van der Waals surface area contributed by atoms with E-state index in [1.165, 1.54) is 0 Å². The lowest BCUT2D eigenvalue weighted by molar-refractivity contribution is 0.0559. The van der Waals surface area contributed by atoms with Crippen molar-refractivity contribution in [1.82, 2.24) is 25.4 Å². The Balaban J connectivity index is 1.81. The van der Waals surface area contributed by atoms with Crippen LogP contribution in [0.1, 0.15) is 12.1 Å². The van der Waals surface area contributed by atoms with Crippen LogP contribution >= 0.6 is 15.9 Å². The Morgan fingerprint density at radius 1 is 1.33 bits per heavy atom. The summed E-state index contributed by atoms with van der Waals surface area (Å²) in [6.45, 7) is 1.10. The number of aromatic nitrogens is 5. The maximum Gasteiger partial charge on any atom is 0.225 e. The third kappa shape index (κ3) is 1.97. The number of nitrogens with zero attached hydrogens (tertiary/aromatic N) is 5. The van der Waals surface area contributed by atoms with Crippen LogP contribution in [0, 0.1) is 0 Å². The quantitative estimate of drug-likeness (QED) is 0.837. The Morgan fingerprint density at radius 2 is 2.11 bits per heavy atom. The first-order valence-corrected chi connectivity index (χ1v) is 6.28. The van der Waals surface area contributed by atoms with E-state index in [1.54, 1.807) is 18.6 Å². The van der Waals surface area contributed by atoms with E-state index in [0.717, 1.165) is 4.47 Å². The molecule has 1 aliphatic heterocycles. The number of halogens is 1. The maximum atomic E-state index is 10.5. The third-order valence-corrected chi connectivity index (χ3v) is 3.44. The molecule has 2 N–H and O–H groups in total. The molecule has 3 rings (SSSR count). The zero-order valence-electron chi connectivity index (χ0n) is 9.41. The van der Waals surface area contributed by atoms with Crippen LogP contribution in [0.2, 0.25) is 0 Å². The molecule has 18 heavy (non-hydrogen) atoms. The van der Waals surface area contributed by atoms with E-state index in [-0.39, 0.29) is 0 Å². The predicted molar refractivity (Wildman–Crippen MR) is 66.8 cm³/mol. The molecule has 94 valence electrons. The van der Waals surface area contributed by atoms with Gasteiger partial charge in [0.25, 0.3) is 0 Å². The van der Waals surface area contributed by atoms with Crippen LogP contribution in [0.4, 0.5) is 5.95 Å². The molecule has 0 aromatic carbocycles. The summed E-state index contributed by atoms with van der Waals surface area (Å²) in [6, 6.07) is 0. The molecule has 2 aromatic heterocycles. The fourth-order valence-corrected chi connectivity index (χ4v) is 2.27. The number of anilines is 1. The Bertz CT molecular complexity index is 530. The van der Waals surface area contributed by atoms with Crippen LogP contribution in [0.3, 0.4) is 0 Å². The summed E-state index contributed by atoms with van der Waals surface area (Å²) in [6.07, 6.45) is 5.51. The molecule has 0 radical (unpaired) electrons. The van der Waals surface area contributed by atoms with Gasteiger partial charge >= 0.3 is 0 Å². The predicted octanol–water partition coefficient (Wildman–Crippen LogP) is 0.455. The van der Waals surface area contributed by atoms with Crippen LogP contribution in [0.15, 0.2) is 23.1 Å². The minimum Gasteiger partial charge on any atom is -0.381 e. The second-order valence-corrected chi connectivity index (χ2v) is 5.18. The van der Waals surface area contributed by atoms with Gasteiger partial charge in [-0.05, 0) is 15.9 Å². The molecule has 1 atom stereocenters. The van der Waals surface area contributed by atoms with E-state index < -0.39 is 5.60 Å². The summed E-state index contributed by atoms with van der Waals surface area (Å²) in [4.78, 5) is 10.4. The van der Waals surface area contributed by atoms with Gasteiger partial charge in [-0.1, -0.05) is 0 Å². The van der Waals surface area contributed by atoms with Gasteiger partial charge < -0.3 is 10.0 Å². The van der Waals surface area contributed by atoms with Gasteiger partial charge in [-0.25, -0.2) is 9.97 Å². The summed E-state index contributed by atoms with van der Waals surface area (Å²) in [5.74, 6) is 0.609. The van der Waals surface area contributed by atoms with Gasteiger partial charge in [0.1, 0.15) is 11.3 Å². The largest absolute Gasteiger partial charge is 0.381 e. The van der Waals surface area contributed by atoms with Gasteiger partial charge in [0.2, 0.25) is 5.95 Å². The van der Waals surface area contributed by atoms with Gasteiger partial charge in [0.05, 0.1) is 17.2 Å². The van der Waals surface area contributed by atoms with Crippen molar-refractivity contribution >= 4 is 21.9 Å². The molecule has 1 fully saturated rings. The molecule has 2 aromatic rings. The highest BCUT2D eigenvalue weighted by Gasteiger charge is 2.40. The van der Waals surface area contributed by atoms with E-state index in [4.69, 9.17) is 0 Å². The van der Waals surface area contributed by atoms with Gasteiger partial charge in [-0.15, -0.1) is 0 Å². The second-order valence-electron chi connectivity index (χ2n) is 4.26. The normalized spacial score (nSPS) is 23.6. The first-order valence-electron chi connectivity index (χ1n) is 5.48. The summed E-state index contributed by atoms with van der Waals surface area (Å²) in [7, 11) is 0. The Kier molecular flexibility index (Phi) is 2.75. The fourth-order valence-electron chi connectivity index (χ4n) is 2.07. The standard InChI is InChI=1S/C10H11BrN6O/c11-7-3-12-9(13-4-7)17-2-1-10(18,6-17)8-5-14-16-15-8/h3-5,18H,1-2,6H2,(H,14,15,16). The number of H-pyrrole nitrogens is 1. The van der Waals surface area contributed by atoms with E-state index >= 15 is 0 Å². The van der Waals surface area contributed by atoms with Crippen molar-refractivity contribution in [3.63, 3.8) is 0 Å². The van der Waals surface area contributed by atoms with Crippen molar-refractivity contribution in [3.8, 4) is 0 Å². The average Bonchev–Trinajstić information content (AvgIpc) is 3.00. The lowest BCUT2D eigenvalue weighted by Gasteiger charge is -2.20. The summed E-state index contributed by atoms with van der Waals surface area (Å²) < 4.78 is 0.831. The minimum atomic E-state index is -0.983. The van der Waals surface area contributed by atoms with Gasteiger partial charge in [0, 0.05) is 25.4 Å². The molecule has 1 saturated heterocycles. The highest BCUT2D eigenvalue weighted by atomic mass is 79.9. The zero-order valence-corrected chi connectivity index (χ0v) is 11.0. The van der Waals surface area contributed by atoms with E-state index in [9.17, 15) is 5.11 Å². The molecule has 1 unspecified atom stereocenters. The number of aliphatic hydroxyl groups is 1. The monoisotopic (exact) mass is 310 g/mol. The second kappa shape index (κ2) is 4.29. The molecule has 0 saturated carbocycles. The van der Waals surface area contributed by atoms with E-state index in [0.29, 0.717) is 31.2 Å². The third-order valence-electron chi connectivity index (χ3n) is 3.03. The van der Waals surface area contributed by atoms with Gasteiger partial charge in [-0.3, -0.25) is 0 Å². The molecular weight excluding hydrogens is 300 g/mol.